The molecule has 1 aromatic rings. The van der Waals surface area contributed by atoms with E-state index in [9.17, 15) is 5.11 Å². The summed E-state index contributed by atoms with van der Waals surface area (Å²) in [6, 6.07) is 3.85. The van der Waals surface area contributed by atoms with E-state index in [1.54, 1.807) is 0 Å². The first kappa shape index (κ1) is 13.6. The minimum Gasteiger partial charge on any atom is -0.467 e. The van der Waals surface area contributed by atoms with Crippen molar-refractivity contribution in [3.63, 3.8) is 0 Å². The monoisotopic (exact) mass is 280 g/mol. The summed E-state index contributed by atoms with van der Waals surface area (Å²) in [6.07, 6.45) is -0.107. The number of anilines is 1. The maximum atomic E-state index is 9.20. The molecule has 2 aliphatic rings. The van der Waals surface area contributed by atoms with Gasteiger partial charge in [0.15, 0.2) is 6.79 Å². The number of aliphatic hydroxyl groups is 1. The number of benzene rings is 1. The van der Waals surface area contributed by atoms with Gasteiger partial charge >= 0.3 is 0 Å². The molecule has 2 heterocycles. The van der Waals surface area contributed by atoms with Crippen molar-refractivity contribution in [2.75, 3.05) is 38.8 Å². The summed E-state index contributed by atoms with van der Waals surface area (Å²) in [6.45, 7) is 3.82. The molecule has 6 heteroatoms. The standard InChI is InChI=1S/C14H20N2O4/c15-12-3-10(14-11(4-12)8-18-9-20-14)5-16-1-2-19-13(6-16)7-17/h3-4,13,17H,1-2,5-9,15H2. The highest BCUT2D eigenvalue weighted by Crippen LogP contribution is 2.31. The Morgan fingerprint density at radius 3 is 3.15 bits per heavy atom. The number of hydrogen-bond acceptors (Lipinski definition) is 6. The summed E-state index contributed by atoms with van der Waals surface area (Å²) in [5.41, 5.74) is 8.74. The van der Waals surface area contributed by atoms with Gasteiger partial charge in [0.1, 0.15) is 5.75 Å². The second-order valence-corrected chi connectivity index (χ2v) is 5.19. The van der Waals surface area contributed by atoms with E-state index in [1.165, 1.54) is 0 Å². The highest BCUT2D eigenvalue weighted by molar-refractivity contribution is 5.53. The quantitative estimate of drug-likeness (QED) is 0.777. The van der Waals surface area contributed by atoms with Crippen molar-refractivity contribution in [1.29, 1.82) is 0 Å². The molecule has 6 nitrogen and oxygen atoms in total. The molecule has 0 aliphatic carbocycles. The Kier molecular flexibility index (Phi) is 4.07. The normalized spacial score (nSPS) is 23.1. The molecule has 0 radical (unpaired) electrons. The molecule has 2 aliphatic heterocycles. The number of aliphatic hydroxyl groups excluding tert-OH is 1. The molecule has 0 aromatic heterocycles. The van der Waals surface area contributed by atoms with Gasteiger partial charge in [0.05, 0.1) is 25.9 Å². The van der Waals surface area contributed by atoms with Crippen molar-refractivity contribution >= 4 is 5.69 Å². The van der Waals surface area contributed by atoms with Crippen molar-refractivity contribution in [2.24, 2.45) is 0 Å². The molecule has 20 heavy (non-hydrogen) atoms. The minimum absolute atomic E-state index is 0.0515. The molecule has 0 bridgehead atoms. The molecular weight excluding hydrogens is 260 g/mol. The number of rotatable bonds is 3. The van der Waals surface area contributed by atoms with Crippen molar-refractivity contribution in [3.8, 4) is 5.75 Å². The smallest absolute Gasteiger partial charge is 0.189 e. The zero-order valence-corrected chi connectivity index (χ0v) is 11.4. The number of nitrogen functional groups attached to an aromatic ring is 1. The third kappa shape index (κ3) is 2.88. The van der Waals surface area contributed by atoms with E-state index < -0.39 is 0 Å². The van der Waals surface area contributed by atoms with E-state index in [-0.39, 0.29) is 19.5 Å². The Labute approximate surface area is 118 Å². The third-order valence-corrected chi connectivity index (χ3v) is 3.63. The van der Waals surface area contributed by atoms with Gasteiger partial charge in [0.25, 0.3) is 0 Å². The summed E-state index contributed by atoms with van der Waals surface area (Å²) >= 11 is 0. The average Bonchev–Trinajstić information content (AvgIpc) is 2.47. The Morgan fingerprint density at radius 2 is 2.30 bits per heavy atom. The zero-order chi connectivity index (χ0) is 13.9. The Morgan fingerprint density at radius 1 is 1.40 bits per heavy atom. The Bertz CT molecular complexity index is 480. The van der Waals surface area contributed by atoms with Gasteiger partial charge in [-0.05, 0) is 12.1 Å². The largest absolute Gasteiger partial charge is 0.467 e. The average molecular weight is 280 g/mol. The van der Waals surface area contributed by atoms with Crippen molar-refractivity contribution < 1.29 is 19.3 Å². The van der Waals surface area contributed by atoms with Crippen LogP contribution in [0.4, 0.5) is 5.69 Å². The number of morpholine rings is 1. The number of ether oxygens (including phenoxy) is 3. The number of fused-ring (bicyclic) bond motifs is 1. The van der Waals surface area contributed by atoms with E-state index in [0.717, 1.165) is 42.2 Å². The summed E-state index contributed by atoms with van der Waals surface area (Å²) in [7, 11) is 0. The topological polar surface area (TPSA) is 77.2 Å². The van der Waals surface area contributed by atoms with E-state index in [0.29, 0.717) is 13.2 Å². The van der Waals surface area contributed by atoms with Crippen LogP contribution in [0.15, 0.2) is 12.1 Å². The van der Waals surface area contributed by atoms with Crippen LogP contribution in [0.25, 0.3) is 0 Å². The van der Waals surface area contributed by atoms with Gasteiger partial charge in [0, 0.05) is 36.4 Å². The Hall–Kier alpha value is -1.34. The number of hydrogen-bond donors (Lipinski definition) is 2. The van der Waals surface area contributed by atoms with Gasteiger partial charge in [-0.15, -0.1) is 0 Å². The lowest BCUT2D eigenvalue weighted by Gasteiger charge is -2.33. The van der Waals surface area contributed by atoms with E-state index in [1.807, 2.05) is 12.1 Å². The van der Waals surface area contributed by atoms with Crippen molar-refractivity contribution in [2.45, 2.75) is 19.3 Å². The van der Waals surface area contributed by atoms with Crippen LogP contribution >= 0.6 is 0 Å². The van der Waals surface area contributed by atoms with Gasteiger partial charge < -0.3 is 25.1 Å². The van der Waals surface area contributed by atoms with Crippen LogP contribution in [0.2, 0.25) is 0 Å². The lowest BCUT2D eigenvalue weighted by atomic mass is 10.1. The van der Waals surface area contributed by atoms with Gasteiger partial charge in [-0.1, -0.05) is 0 Å². The van der Waals surface area contributed by atoms with Crippen LogP contribution in [0.1, 0.15) is 11.1 Å². The first-order valence-corrected chi connectivity index (χ1v) is 6.83. The maximum Gasteiger partial charge on any atom is 0.189 e. The van der Waals surface area contributed by atoms with Gasteiger partial charge in [-0.25, -0.2) is 0 Å². The molecule has 1 aromatic carbocycles. The molecule has 1 saturated heterocycles. The van der Waals surface area contributed by atoms with Crippen LogP contribution in [0.3, 0.4) is 0 Å². The fraction of sp³-hybridized carbons (Fsp3) is 0.571. The number of nitrogens with two attached hydrogens (primary N) is 1. The zero-order valence-electron chi connectivity index (χ0n) is 11.4. The second-order valence-electron chi connectivity index (χ2n) is 5.19. The predicted molar refractivity (Wildman–Crippen MR) is 73.2 cm³/mol. The maximum absolute atomic E-state index is 9.20. The minimum atomic E-state index is -0.107. The molecule has 3 N–H and O–H groups in total. The first-order valence-electron chi connectivity index (χ1n) is 6.83. The van der Waals surface area contributed by atoms with Crippen LogP contribution in [0.5, 0.6) is 5.75 Å². The van der Waals surface area contributed by atoms with Crippen LogP contribution < -0.4 is 10.5 Å². The second kappa shape index (κ2) is 5.97. The van der Waals surface area contributed by atoms with Crippen LogP contribution in [-0.2, 0) is 22.6 Å². The van der Waals surface area contributed by atoms with Gasteiger partial charge in [0.2, 0.25) is 0 Å². The van der Waals surface area contributed by atoms with Crippen LogP contribution in [-0.4, -0.2) is 49.2 Å². The van der Waals surface area contributed by atoms with Crippen molar-refractivity contribution in [3.05, 3.63) is 23.3 Å². The van der Waals surface area contributed by atoms with Crippen LogP contribution in [0, 0.1) is 0 Å². The lowest BCUT2D eigenvalue weighted by molar-refractivity contribution is -0.0560. The highest BCUT2D eigenvalue weighted by Gasteiger charge is 2.23. The van der Waals surface area contributed by atoms with E-state index >= 15 is 0 Å². The van der Waals surface area contributed by atoms with Gasteiger partial charge in [-0.3, -0.25) is 4.90 Å². The summed E-state index contributed by atoms with van der Waals surface area (Å²) < 4.78 is 16.4. The van der Waals surface area contributed by atoms with Gasteiger partial charge in [-0.2, -0.15) is 0 Å². The first-order chi connectivity index (χ1) is 9.76. The molecule has 3 rings (SSSR count). The Balaban J connectivity index is 1.78. The molecule has 0 amide bonds. The fourth-order valence-electron chi connectivity index (χ4n) is 2.72. The third-order valence-electron chi connectivity index (χ3n) is 3.63. The molecule has 1 unspecified atom stereocenters. The van der Waals surface area contributed by atoms with E-state index in [2.05, 4.69) is 4.90 Å². The van der Waals surface area contributed by atoms with E-state index in [4.69, 9.17) is 19.9 Å². The molecule has 1 fully saturated rings. The fourth-order valence-corrected chi connectivity index (χ4v) is 2.72. The molecular formula is C14H20N2O4. The molecule has 0 saturated carbocycles. The highest BCUT2D eigenvalue weighted by atomic mass is 16.7. The van der Waals surface area contributed by atoms with Crippen molar-refractivity contribution in [1.82, 2.24) is 4.90 Å². The SMILES string of the molecule is Nc1cc2c(c(CN3CCOC(CO)C3)c1)OCOC2. The molecule has 0 spiro atoms. The lowest BCUT2D eigenvalue weighted by Crippen LogP contribution is -2.43. The summed E-state index contributed by atoms with van der Waals surface area (Å²) in [5.74, 6) is 0.887. The summed E-state index contributed by atoms with van der Waals surface area (Å²) in [5, 5.41) is 9.20. The predicted octanol–water partition coefficient (Wildman–Crippen LogP) is 0.328. The molecule has 110 valence electrons. The molecule has 1 atom stereocenters. The summed E-state index contributed by atoms with van der Waals surface area (Å²) in [4.78, 5) is 2.25. The number of nitrogens with zero attached hydrogens (tertiary/aromatic N) is 1.